The lowest BCUT2D eigenvalue weighted by molar-refractivity contribution is -0.144. The molecule has 410 valence electrons. The Hall–Kier alpha value is -6.61. The molecule has 9 N–H and O–H groups in total. The summed E-state index contributed by atoms with van der Waals surface area (Å²) < 4.78 is 0. The molecule has 0 spiro atoms. The Labute approximate surface area is 451 Å². The summed E-state index contributed by atoms with van der Waals surface area (Å²) in [7, 11) is 3.18. The number of likely N-dealkylation sites (tertiary alicyclic amines) is 2. The quantitative estimate of drug-likeness (QED) is 0.0746. The second-order valence-corrected chi connectivity index (χ2v) is 20.0. The zero-order chi connectivity index (χ0) is 53.7. The van der Waals surface area contributed by atoms with Gasteiger partial charge in [-0.3, -0.25) is 43.2 Å². The second-order valence-electron chi connectivity index (χ2n) is 20.0. The first kappa shape index (κ1) is 62.7. The summed E-state index contributed by atoms with van der Waals surface area (Å²) >= 11 is 0. The number of hydrogen-bond donors (Lipinski definition) is 9. The van der Waals surface area contributed by atoms with E-state index in [0.29, 0.717) is 0 Å². The lowest BCUT2D eigenvalue weighted by Crippen LogP contribution is -2.59. The predicted octanol–water partition coefficient (Wildman–Crippen LogP) is 2.78. The highest BCUT2D eigenvalue weighted by Gasteiger charge is 2.46. The Morgan fingerprint density at radius 1 is 0.587 bits per heavy atom. The van der Waals surface area contributed by atoms with Gasteiger partial charge in [-0.2, -0.15) is 0 Å². The van der Waals surface area contributed by atoms with E-state index in [-0.39, 0.29) is 68.3 Å². The molecule has 0 bridgehead atoms. The predicted molar refractivity (Wildman–Crippen MR) is 287 cm³/mol. The summed E-state index contributed by atoms with van der Waals surface area (Å²) in [6, 6.07) is 16.2. The summed E-state index contributed by atoms with van der Waals surface area (Å²) in [4.78, 5) is 125. The molecule has 10 atom stereocenters. The van der Waals surface area contributed by atoms with Gasteiger partial charge in [0.15, 0.2) is 0 Å². The smallest absolute Gasteiger partial charge is 0.303 e. The van der Waals surface area contributed by atoms with Crippen LogP contribution in [-0.2, 0) is 33.6 Å². The highest BCUT2D eigenvalue weighted by Crippen LogP contribution is 2.28. The molecule has 2 heterocycles. The number of carbonyl (C=O) groups is 9. The molecule has 75 heavy (non-hydrogen) atoms. The minimum Gasteiger partial charge on any atom is -0.481 e. The standard InChI is InChI=1S/C53H72N10O10.2ClH/c1-30(34-17-12-10-13-18-34)56-49(70)41-26-38(28-62(41)51(72)40(23-24-43(64)65)60-45(66)32(3)54-8)58-47(68)36-21-16-22-37(25-36)48(69)59-39-27-42(50(71)57-31(2)35-19-14-11-15-20-35)63(29-39)52(73)44(53(5,6)7)61-46(67)33(4)55-9;;/h10-22,25,30-33,38-42,44,54-55H,23-24,26-29H2,1-9H3,(H,56,70)(H,57,71)(H,58,68)(H,59,69)(H,60,66)(H,61,67)(H,64,65);2*1H/t30-,31-,32+,33+,38+,39+,40+,41?,42+,44-;;/m1../s1. The van der Waals surface area contributed by atoms with Crippen molar-refractivity contribution < 1.29 is 48.3 Å². The SMILES string of the molecule is CN[C@@H](C)C(=O)N[C@@H](CCC(=O)O)C(=O)N1C[C@@H](NC(=O)c2cccc(C(=O)N[C@H]3C[C@@H](C(=O)N[C@H](C)c4ccccc4)N(C(=O)[C@@H](NC(=O)[C@H](C)NC)C(C)(C)C)C3)c2)CC1C(=O)N[C@H](C)c1ccccc1.Cl.Cl. The van der Waals surface area contributed by atoms with Gasteiger partial charge in [0, 0.05) is 42.7 Å². The molecule has 20 nitrogen and oxygen atoms in total. The number of rotatable bonds is 21. The number of halogens is 2. The monoisotopic (exact) mass is 1080 g/mol. The van der Waals surface area contributed by atoms with Crippen molar-refractivity contribution >= 4 is 78.0 Å². The van der Waals surface area contributed by atoms with Crippen LogP contribution in [-0.4, -0.2) is 144 Å². The number of likely N-dealkylation sites (N-methyl/N-ethyl adjacent to an activating group) is 2. The van der Waals surface area contributed by atoms with Crippen LogP contribution in [0.3, 0.4) is 0 Å². The molecule has 3 aromatic rings. The van der Waals surface area contributed by atoms with Crippen molar-refractivity contribution in [1.82, 2.24) is 52.3 Å². The van der Waals surface area contributed by atoms with E-state index in [1.54, 1.807) is 34.9 Å². The number of benzene rings is 3. The van der Waals surface area contributed by atoms with Gasteiger partial charge in [0.1, 0.15) is 24.2 Å². The maximum atomic E-state index is 14.5. The number of nitrogens with zero attached hydrogens (tertiary/aromatic N) is 2. The molecule has 8 amide bonds. The largest absolute Gasteiger partial charge is 0.481 e. The van der Waals surface area contributed by atoms with Crippen LogP contribution in [0.25, 0.3) is 0 Å². The van der Waals surface area contributed by atoms with E-state index in [4.69, 9.17) is 0 Å². The summed E-state index contributed by atoms with van der Waals surface area (Å²) in [6.07, 6.45) is -0.676. The summed E-state index contributed by atoms with van der Waals surface area (Å²) in [5.74, 6) is -5.49. The average Bonchev–Trinajstić information content (AvgIpc) is 4.00. The highest BCUT2D eigenvalue weighted by molar-refractivity contribution is 6.01. The minimum absolute atomic E-state index is 0. The molecule has 0 saturated carbocycles. The molecule has 1 unspecified atom stereocenters. The number of carbonyl (C=O) groups excluding carboxylic acids is 8. The normalized spacial score (nSPS) is 19.5. The Bertz CT molecular complexity index is 2480. The third kappa shape index (κ3) is 16.9. The molecule has 0 radical (unpaired) electrons. The van der Waals surface area contributed by atoms with Gasteiger partial charge in [0.25, 0.3) is 11.8 Å². The fourth-order valence-electron chi connectivity index (χ4n) is 8.84. The van der Waals surface area contributed by atoms with E-state index in [2.05, 4.69) is 42.5 Å². The van der Waals surface area contributed by atoms with Crippen molar-refractivity contribution in [1.29, 1.82) is 0 Å². The fourth-order valence-corrected chi connectivity index (χ4v) is 8.84. The van der Waals surface area contributed by atoms with Crippen LogP contribution in [0.1, 0.15) is 118 Å². The third-order valence-electron chi connectivity index (χ3n) is 13.5. The molecule has 2 saturated heterocycles. The Morgan fingerprint density at radius 3 is 1.40 bits per heavy atom. The molecule has 2 aliphatic rings. The lowest BCUT2D eigenvalue weighted by atomic mass is 9.85. The van der Waals surface area contributed by atoms with Crippen LogP contribution in [0.15, 0.2) is 84.9 Å². The lowest BCUT2D eigenvalue weighted by Gasteiger charge is -2.36. The Kier molecular flexibility index (Phi) is 23.7. The third-order valence-corrected chi connectivity index (χ3v) is 13.5. The summed E-state index contributed by atoms with van der Waals surface area (Å²) in [5, 5.41) is 32.5. The molecule has 22 heteroatoms. The Morgan fingerprint density at radius 2 is 1.00 bits per heavy atom. The highest BCUT2D eigenvalue weighted by atomic mass is 35.5. The fraction of sp³-hybridized carbons (Fsp3) is 0.491. The maximum absolute atomic E-state index is 14.5. The van der Waals surface area contributed by atoms with Gasteiger partial charge >= 0.3 is 5.97 Å². The molecule has 0 aliphatic carbocycles. The number of amides is 8. The van der Waals surface area contributed by atoms with Gasteiger partial charge in [-0.15, -0.1) is 24.8 Å². The van der Waals surface area contributed by atoms with E-state index in [9.17, 15) is 48.3 Å². The maximum Gasteiger partial charge on any atom is 0.303 e. The molecule has 3 aromatic carbocycles. The average molecular weight is 1080 g/mol. The first-order valence-corrected chi connectivity index (χ1v) is 24.7. The first-order chi connectivity index (χ1) is 34.5. The zero-order valence-corrected chi connectivity index (χ0v) is 45.6. The Balaban J connectivity index is 0.00000741. The second kappa shape index (κ2) is 28.3. The summed E-state index contributed by atoms with van der Waals surface area (Å²) in [5.41, 5.74) is 1.06. The molecule has 5 rings (SSSR count). The van der Waals surface area contributed by atoms with E-state index in [0.717, 1.165) is 11.1 Å². The van der Waals surface area contributed by atoms with Gasteiger partial charge in [0.05, 0.1) is 24.2 Å². The van der Waals surface area contributed by atoms with E-state index < -0.39 is 125 Å². The van der Waals surface area contributed by atoms with Crippen molar-refractivity contribution in [3.63, 3.8) is 0 Å². The van der Waals surface area contributed by atoms with E-state index in [1.165, 1.54) is 34.1 Å². The van der Waals surface area contributed by atoms with E-state index in [1.807, 2.05) is 88.4 Å². The van der Waals surface area contributed by atoms with Gasteiger partial charge in [-0.25, -0.2) is 0 Å². The molecular weight excluding hydrogens is 1010 g/mol. The number of carboxylic acid groups (broad SMARTS) is 1. The summed E-state index contributed by atoms with van der Waals surface area (Å²) in [6.45, 7) is 12.1. The van der Waals surface area contributed by atoms with Gasteiger partial charge in [-0.1, -0.05) is 87.5 Å². The van der Waals surface area contributed by atoms with E-state index >= 15 is 0 Å². The number of carboxylic acids is 1. The van der Waals surface area contributed by atoms with Crippen molar-refractivity contribution in [2.75, 3.05) is 27.2 Å². The first-order valence-electron chi connectivity index (χ1n) is 24.7. The van der Waals surface area contributed by atoms with Gasteiger partial charge in [-0.05, 0) is 95.8 Å². The number of aliphatic carboxylic acids is 1. The van der Waals surface area contributed by atoms with Crippen LogP contribution in [0.4, 0.5) is 0 Å². The van der Waals surface area contributed by atoms with Crippen LogP contribution >= 0.6 is 24.8 Å². The number of hydrogen-bond acceptors (Lipinski definition) is 11. The van der Waals surface area contributed by atoms with Crippen molar-refractivity contribution in [2.24, 2.45) is 5.41 Å². The number of nitrogens with one attached hydrogen (secondary N) is 8. The minimum atomic E-state index is -1.30. The van der Waals surface area contributed by atoms with Crippen LogP contribution in [0.5, 0.6) is 0 Å². The van der Waals surface area contributed by atoms with Crippen molar-refractivity contribution in [2.45, 2.75) is 135 Å². The van der Waals surface area contributed by atoms with Crippen LogP contribution in [0.2, 0.25) is 0 Å². The zero-order valence-electron chi connectivity index (χ0n) is 43.9. The van der Waals surface area contributed by atoms with Crippen LogP contribution < -0.4 is 42.5 Å². The van der Waals surface area contributed by atoms with Crippen molar-refractivity contribution in [3.8, 4) is 0 Å². The molecule has 2 aliphatic heterocycles. The van der Waals surface area contributed by atoms with Crippen molar-refractivity contribution in [3.05, 3.63) is 107 Å². The molecular formula is C53H74Cl2N10O10. The van der Waals surface area contributed by atoms with Gasteiger partial charge in [0.2, 0.25) is 35.4 Å². The molecule has 2 fully saturated rings. The van der Waals surface area contributed by atoms with Gasteiger partial charge < -0.3 is 57.4 Å². The topological polar surface area (TPSA) is 277 Å². The van der Waals surface area contributed by atoms with Crippen LogP contribution in [0, 0.1) is 5.41 Å². The molecule has 0 aromatic heterocycles.